The first-order valence-electron chi connectivity index (χ1n) is 6.20. The topological polar surface area (TPSA) is 38.7 Å². The molecule has 1 aliphatic rings. The summed E-state index contributed by atoms with van der Waals surface area (Å²) in [5.74, 6) is 1.03. The lowest BCUT2D eigenvalue weighted by atomic mass is 9.89. The maximum atomic E-state index is 10.4. The Balaban J connectivity index is 2.10. The van der Waals surface area contributed by atoms with Crippen molar-refractivity contribution in [2.45, 2.75) is 32.0 Å². The van der Waals surface area contributed by atoms with Gasteiger partial charge in [-0.2, -0.15) is 0 Å². The number of methoxy groups -OCH3 is 1. The predicted octanol–water partition coefficient (Wildman–Crippen LogP) is 2.54. The molecule has 1 heterocycles. The van der Waals surface area contributed by atoms with Crippen LogP contribution in [0.5, 0.6) is 5.75 Å². The zero-order valence-electron chi connectivity index (χ0n) is 10.4. The summed E-state index contributed by atoms with van der Waals surface area (Å²) >= 11 is 0. The van der Waals surface area contributed by atoms with E-state index in [1.54, 1.807) is 7.11 Å². The van der Waals surface area contributed by atoms with Crippen molar-refractivity contribution in [1.29, 1.82) is 0 Å². The van der Waals surface area contributed by atoms with Gasteiger partial charge < -0.3 is 14.6 Å². The van der Waals surface area contributed by atoms with Crippen molar-refractivity contribution >= 4 is 0 Å². The smallest absolute Gasteiger partial charge is 0.118 e. The minimum absolute atomic E-state index is 0.187. The zero-order valence-corrected chi connectivity index (χ0v) is 10.4. The van der Waals surface area contributed by atoms with Crippen molar-refractivity contribution in [3.8, 4) is 5.75 Å². The van der Waals surface area contributed by atoms with Crippen LogP contribution in [0.4, 0.5) is 0 Å². The van der Waals surface area contributed by atoms with E-state index in [9.17, 15) is 5.11 Å². The molecule has 0 saturated carbocycles. The van der Waals surface area contributed by atoms with Gasteiger partial charge in [-0.05, 0) is 30.5 Å². The van der Waals surface area contributed by atoms with E-state index in [0.29, 0.717) is 0 Å². The van der Waals surface area contributed by atoms with Crippen LogP contribution in [0.15, 0.2) is 24.3 Å². The summed E-state index contributed by atoms with van der Waals surface area (Å²) in [6.45, 7) is 2.86. The van der Waals surface area contributed by atoms with E-state index >= 15 is 0 Å². The van der Waals surface area contributed by atoms with Crippen molar-refractivity contribution in [2.24, 2.45) is 5.92 Å². The third-order valence-corrected chi connectivity index (χ3v) is 3.53. The van der Waals surface area contributed by atoms with E-state index in [0.717, 1.165) is 30.8 Å². The van der Waals surface area contributed by atoms with Crippen molar-refractivity contribution < 1.29 is 14.6 Å². The number of hydrogen-bond donors (Lipinski definition) is 1. The van der Waals surface area contributed by atoms with Gasteiger partial charge in [-0.25, -0.2) is 0 Å². The highest BCUT2D eigenvalue weighted by Gasteiger charge is 2.33. The molecule has 1 aliphatic heterocycles. The Kier molecular flexibility index (Phi) is 4.02. The monoisotopic (exact) mass is 236 g/mol. The van der Waals surface area contributed by atoms with Crippen molar-refractivity contribution in [1.82, 2.24) is 0 Å². The molecule has 0 amide bonds. The summed E-state index contributed by atoms with van der Waals surface area (Å²) in [4.78, 5) is 0. The van der Waals surface area contributed by atoms with E-state index in [1.807, 2.05) is 24.3 Å². The fraction of sp³-hybridized carbons (Fsp3) is 0.571. The second-order valence-corrected chi connectivity index (χ2v) is 4.49. The van der Waals surface area contributed by atoms with Crippen LogP contribution in [0.2, 0.25) is 0 Å². The summed E-state index contributed by atoms with van der Waals surface area (Å²) in [6.07, 6.45) is 1.64. The van der Waals surface area contributed by atoms with E-state index < -0.39 is 6.10 Å². The van der Waals surface area contributed by atoms with Crippen LogP contribution in [0, 0.1) is 5.92 Å². The highest BCUT2D eigenvalue weighted by atomic mass is 16.5. The molecule has 0 bridgehead atoms. The molecule has 0 radical (unpaired) electrons. The van der Waals surface area contributed by atoms with Gasteiger partial charge in [0.05, 0.1) is 19.3 Å². The molecular formula is C14H20O3. The molecule has 0 aromatic heterocycles. The number of aliphatic hydroxyl groups is 1. The highest BCUT2D eigenvalue weighted by Crippen LogP contribution is 2.35. The van der Waals surface area contributed by atoms with Gasteiger partial charge in [0.15, 0.2) is 0 Å². The van der Waals surface area contributed by atoms with Crippen molar-refractivity contribution in [2.75, 3.05) is 13.7 Å². The van der Waals surface area contributed by atoms with Crippen molar-refractivity contribution in [3.63, 3.8) is 0 Å². The number of ether oxygens (including phenoxy) is 2. The maximum Gasteiger partial charge on any atom is 0.118 e. The molecule has 1 aromatic rings. The molecule has 1 aromatic carbocycles. The summed E-state index contributed by atoms with van der Waals surface area (Å²) in [5.41, 5.74) is 0.944. The Bertz CT molecular complexity index is 347. The van der Waals surface area contributed by atoms with Gasteiger partial charge in [0.2, 0.25) is 0 Å². The average molecular weight is 236 g/mol. The first kappa shape index (κ1) is 12.4. The molecule has 1 N–H and O–H groups in total. The Labute approximate surface area is 102 Å². The first-order valence-corrected chi connectivity index (χ1v) is 6.20. The Morgan fingerprint density at radius 1 is 1.41 bits per heavy atom. The normalized spacial score (nSPS) is 25.8. The van der Waals surface area contributed by atoms with Crippen LogP contribution in [-0.4, -0.2) is 24.9 Å². The Morgan fingerprint density at radius 2 is 2.12 bits per heavy atom. The first-order chi connectivity index (χ1) is 8.26. The van der Waals surface area contributed by atoms with Crippen molar-refractivity contribution in [3.05, 3.63) is 29.8 Å². The SMILES string of the molecule is CCC1OCCC1C(O)c1ccc(OC)cc1. The molecule has 17 heavy (non-hydrogen) atoms. The number of rotatable bonds is 4. The lowest BCUT2D eigenvalue weighted by Gasteiger charge is -2.23. The van der Waals surface area contributed by atoms with E-state index in [2.05, 4.69) is 6.92 Å². The summed E-state index contributed by atoms with van der Waals surface area (Å²) < 4.78 is 10.7. The largest absolute Gasteiger partial charge is 0.497 e. The Morgan fingerprint density at radius 3 is 2.71 bits per heavy atom. The van der Waals surface area contributed by atoms with Gasteiger partial charge >= 0.3 is 0 Å². The van der Waals surface area contributed by atoms with Gasteiger partial charge in [0, 0.05) is 12.5 Å². The quantitative estimate of drug-likeness (QED) is 0.873. The number of hydrogen-bond acceptors (Lipinski definition) is 3. The molecule has 3 heteroatoms. The molecule has 94 valence electrons. The molecule has 3 atom stereocenters. The lowest BCUT2D eigenvalue weighted by molar-refractivity contribution is 0.0307. The molecule has 1 saturated heterocycles. The molecule has 2 rings (SSSR count). The fourth-order valence-electron chi connectivity index (χ4n) is 2.50. The van der Waals surface area contributed by atoms with Crippen LogP contribution in [-0.2, 0) is 4.74 Å². The predicted molar refractivity (Wildman–Crippen MR) is 66.1 cm³/mol. The molecule has 3 unspecified atom stereocenters. The molecule has 0 spiro atoms. The number of benzene rings is 1. The second kappa shape index (κ2) is 5.52. The van der Waals surface area contributed by atoms with Crippen LogP contribution >= 0.6 is 0 Å². The molecule has 3 nitrogen and oxygen atoms in total. The van der Waals surface area contributed by atoms with Crippen LogP contribution in [0.1, 0.15) is 31.4 Å². The third-order valence-electron chi connectivity index (χ3n) is 3.53. The minimum Gasteiger partial charge on any atom is -0.497 e. The average Bonchev–Trinajstić information content (AvgIpc) is 2.86. The summed E-state index contributed by atoms with van der Waals surface area (Å²) in [6, 6.07) is 7.62. The van der Waals surface area contributed by atoms with E-state index in [1.165, 1.54) is 0 Å². The van der Waals surface area contributed by atoms with Gasteiger partial charge in [0.1, 0.15) is 5.75 Å². The van der Waals surface area contributed by atoms with Gasteiger partial charge in [-0.15, -0.1) is 0 Å². The van der Waals surface area contributed by atoms with Crippen LogP contribution in [0.3, 0.4) is 0 Å². The van der Waals surface area contributed by atoms with Crippen LogP contribution < -0.4 is 4.74 Å². The lowest BCUT2D eigenvalue weighted by Crippen LogP contribution is -2.21. The minimum atomic E-state index is -0.437. The van der Waals surface area contributed by atoms with E-state index in [4.69, 9.17) is 9.47 Å². The van der Waals surface area contributed by atoms with Crippen LogP contribution in [0.25, 0.3) is 0 Å². The summed E-state index contributed by atoms with van der Waals surface area (Å²) in [7, 11) is 1.64. The van der Waals surface area contributed by atoms with E-state index in [-0.39, 0.29) is 12.0 Å². The molecular weight excluding hydrogens is 216 g/mol. The fourth-order valence-corrected chi connectivity index (χ4v) is 2.50. The maximum absolute atomic E-state index is 10.4. The zero-order chi connectivity index (χ0) is 12.3. The molecule has 0 aliphatic carbocycles. The van der Waals surface area contributed by atoms with Gasteiger partial charge in [0.25, 0.3) is 0 Å². The highest BCUT2D eigenvalue weighted by molar-refractivity contribution is 5.28. The molecule has 1 fully saturated rings. The Hall–Kier alpha value is -1.06. The van der Waals surface area contributed by atoms with Gasteiger partial charge in [-0.3, -0.25) is 0 Å². The number of aliphatic hydroxyl groups excluding tert-OH is 1. The van der Waals surface area contributed by atoms with Gasteiger partial charge in [-0.1, -0.05) is 19.1 Å². The standard InChI is InChI=1S/C14H20O3/c1-3-13-12(8-9-17-13)14(15)10-4-6-11(16-2)7-5-10/h4-7,12-15H,3,8-9H2,1-2H3. The third kappa shape index (κ3) is 2.61. The summed E-state index contributed by atoms with van der Waals surface area (Å²) in [5, 5.41) is 10.4. The second-order valence-electron chi connectivity index (χ2n) is 4.49.